The molecular formula is C22H32N2O7. The lowest BCUT2D eigenvalue weighted by Gasteiger charge is -2.20. The van der Waals surface area contributed by atoms with Crippen LogP contribution in [0.25, 0.3) is 0 Å². The number of hydrogen-bond donors (Lipinski definition) is 2. The number of hydrogen-bond acceptors (Lipinski definition) is 7. The molecule has 0 bridgehead atoms. The quantitative estimate of drug-likeness (QED) is 0.427. The number of amides is 2. The molecule has 0 spiro atoms. The summed E-state index contributed by atoms with van der Waals surface area (Å²) < 4.78 is 15.8. The number of ether oxygens (including phenoxy) is 3. The van der Waals surface area contributed by atoms with Crippen LogP contribution < -0.4 is 15.4 Å². The number of nitrogens with one attached hydrogen (secondary N) is 2. The van der Waals surface area contributed by atoms with Crippen molar-refractivity contribution in [3.8, 4) is 5.75 Å². The molecule has 0 heterocycles. The number of carbonyl (C=O) groups excluding carboxylic acids is 4. The largest absolute Gasteiger partial charge is 0.491 e. The second kappa shape index (κ2) is 11.9. The van der Waals surface area contributed by atoms with Gasteiger partial charge in [-0.05, 0) is 54.0 Å². The summed E-state index contributed by atoms with van der Waals surface area (Å²) in [5.74, 6) is -0.489. The molecule has 0 aromatic heterocycles. The lowest BCUT2D eigenvalue weighted by atomic mass is 10.0. The molecule has 9 nitrogen and oxygen atoms in total. The highest BCUT2D eigenvalue weighted by molar-refractivity contribution is 5.95. The monoisotopic (exact) mass is 436 g/mol. The normalized spacial score (nSPS) is 10.9. The lowest BCUT2D eigenvalue weighted by molar-refractivity contribution is -0.143. The zero-order valence-corrected chi connectivity index (χ0v) is 19.0. The third-order valence-electron chi connectivity index (χ3n) is 3.69. The molecule has 2 amide bonds. The third-order valence-corrected chi connectivity index (χ3v) is 3.69. The van der Waals surface area contributed by atoms with Crippen molar-refractivity contribution in [3.05, 3.63) is 23.3 Å². The molecule has 0 unspecified atom stereocenters. The van der Waals surface area contributed by atoms with Crippen LogP contribution in [0.5, 0.6) is 5.75 Å². The molecule has 1 aromatic carbocycles. The summed E-state index contributed by atoms with van der Waals surface area (Å²) in [5.41, 5.74) is 0.495. The van der Waals surface area contributed by atoms with Gasteiger partial charge in [0.05, 0.1) is 12.7 Å². The molecule has 0 fully saturated rings. The second-order valence-corrected chi connectivity index (χ2v) is 8.04. The van der Waals surface area contributed by atoms with Gasteiger partial charge in [-0.1, -0.05) is 0 Å². The molecule has 0 radical (unpaired) electrons. The lowest BCUT2D eigenvalue weighted by Crippen LogP contribution is -2.37. The van der Waals surface area contributed by atoms with Crippen LogP contribution in [0.15, 0.2) is 12.1 Å². The number of alkyl carbamates (subject to hydrolysis) is 1. The van der Waals surface area contributed by atoms with E-state index in [2.05, 4.69) is 10.6 Å². The van der Waals surface area contributed by atoms with Gasteiger partial charge < -0.3 is 24.8 Å². The molecule has 1 aromatic rings. The van der Waals surface area contributed by atoms with Gasteiger partial charge in [-0.25, -0.2) is 4.79 Å². The Kier molecular flexibility index (Phi) is 9.98. The predicted molar refractivity (Wildman–Crippen MR) is 115 cm³/mol. The number of rotatable bonds is 10. The van der Waals surface area contributed by atoms with Gasteiger partial charge in [0.1, 0.15) is 17.9 Å². The first-order valence-electron chi connectivity index (χ1n) is 10.2. The van der Waals surface area contributed by atoms with Crippen molar-refractivity contribution in [1.29, 1.82) is 0 Å². The average molecular weight is 437 g/mol. The van der Waals surface area contributed by atoms with E-state index in [0.717, 1.165) is 0 Å². The molecule has 0 aliphatic rings. The van der Waals surface area contributed by atoms with E-state index in [1.54, 1.807) is 33.8 Å². The van der Waals surface area contributed by atoms with Gasteiger partial charge >= 0.3 is 12.1 Å². The van der Waals surface area contributed by atoms with Crippen molar-refractivity contribution in [3.63, 3.8) is 0 Å². The van der Waals surface area contributed by atoms with Crippen LogP contribution in [0.4, 0.5) is 10.5 Å². The molecule has 0 saturated heterocycles. The predicted octanol–water partition coefficient (Wildman–Crippen LogP) is 3.25. The van der Waals surface area contributed by atoms with E-state index in [0.29, 0.717) is 23.3 Å². The van der Waals surface area contributed by atoms with Gasteiger partial charge in [0.25, 0.3) is 0 Å². The van der Waals surface area contributed by atoms with Crippen LogP contribution in [0, 0.1) is 0 Å². The van der Waals surface area contributed by atoms with E-state index in [-0.39, 0.29) is 43.6 Å². The zero-order chi connectivity index (χ0) is 23.6. The van der Waals surface area contributed by atoms with Gasteiger partial charge in [0, 0.05) is 29.3 Å². The fourth-order valence-corrected chi connectivity index (χ4v) is 2.60. The molecular weight excluding hydrogens is 404 g/mol. The summed E-state index contributed by atoms with van der Waals surface area (Å²) in [6.45, 7) is 10.5. The Hall–Kier alpha value is -3.10. The molecule has 2 N–H and O–H groups in total. The smallest absolute Gasteiger partial charge is 0.408 e. The Morgan fingerprint density at radius 3 is 2.39 bits per heavy atom. The number of esters is 1. The van der Waals surface area contributed by atoms with Gasteiger partial charge in [-0.2, -0.15) is 0 Å². The van der Waals surface area contributed by atoms with Crippen molar-refractivity contribution < 1.29 is 33.4 Å². The first kappa shape index (κ1) is 25.9. The second-order valence-electron chi connectivity index (χ2n) is 8.04. The molecule has 31 heavy (non-hydrogen) atoms. The number of benzene rings is 1. The van der Waals surface area contributed by atoms with Crippen LogP contribution in [-0.2, 0) is 25.5 Å². The summed E-state index contributed by atoms with van der Waals surface area (Å²) in [6, 6.07) is 3.07. The Morgan fingerprint density at radius 2 is 1.84 bits per heavy atom. The molecule has 0 saturated carbocycles. The minimum atomic E-state index is -0.714. The topological polar surface area (TPSA) is 120 Å². The highest BCUT2D eigenvalue weighted by atomic mass is 16.6. The SMILES string of the molecule is CCOC(=O)CCc1c(C=O)cc(NC(=O)CNC(=O)OC(C)(C)C)cc1OC(C)C. The highest BCUT2D eigenvalue weighted by Crippen LogP contribution is 2.29. The number of carbonyl (C=O) groups is 4. The Bertz CT molecular complexity index is 798. The minimum absolute atomic E-state index is 0.0919. The summed E-state index contributed by atoms with van der Waals surface area (Å²) in [6.07, 6.45) is 0.0790. The van der Waals surface area contributed by atoms with E-state index < -0.39 is 17.6 Å². The Labute approximate surface area is 182 Å². The van der Waals surface area contributed by atoms with Crippen LogP contribution in [0.3, 0.4) is 0 Å². The molecule has 0 aliphatic carbocycles. The number of aldehydes is 1. The summed E-state index contributed by atoms with van der Waals surface area (Å²) in [4.78, 5) is 47.3. The van der Waals surface area contributed by atoms with E-state index in [4.69, 9.17) is 14.2 Å². The average Bonchev–Trinajstić information content (AvgIpc) is 2.63. The number of anilines is 1. The Balaban J connectivity index is 2.96. The highest BCUT2D eigenvalue weighted by Gasteiger charge is 2.18. The Morgan fingerprint density at radius 1 is 1.16 bits per heavy atom. The molecule has 0 aliphatic heterocycles. The standard InChI is InChI=1S/C22H32N2O7/c1-7-29-20(27)9-8-17-15(13-25)10-16(11-18(17)30-14(2)3)24-19(26)12-23-21(28)31-22(4,5)6/h10-11,13-14H,7-9,12H2,1-6H3,(H,23,28)(H,24,26). The molecule has 0 atom stereocenters. The van der Waals surface area contributed by atoms with E-state index in [1.807, 2.05) is 13.8 Å². The van der Waals surface area contributed by atoms with Gasteiger partial charge in [-0.3, -0.25) is 14.4 Å². The summed E-state index contributed by atoms with van der Waals surface area (Å²) in [7, 11) is 0. The van der Waals surface area contributed by atoms with E-state index in [9.17, 15) is 19.2 Å². The van der Waals surface area contributed by atoms with Crippen molar-refractivity contribution >= 4 is 29.9 Å². The third kappa shape index (κ3) is 9.97. The molecule has 1 rings (SSSR count). The first-order chi connectivity index (χ1) is 14.4. The van der Waals surface area contributed by atoms with Gasteiger partial charge in [0.2, 0.25) is 5.91 Å². The maximum atomic E-state index is 12.2. The molecule has 172 valence electrons. The maximum absolute atomic E-state index is 12.2. The minimum Gasteiger partial charge on any atom is -0.491 e. The molecule has 9 heteroatoms. The van der Waals surface area contributed by atoms with Crippen LogP contribution in [0.1, 0.15) is 63.9 Å². The van der Waals surface area contributed by atoms with Crippen LogP contribution >= 0.6 is 0 Å². The van der Waals surface area contributed by atoms with Crippen molar-refractivity contribution in [2.75, 3.05) is 18.5 Å². The van der Waals surface area contributed by atoms with E-state index >= 15 is 0 Å². The first-order valence-corrected chi connectivity index (χ1v) is 10.2. The summed E-state index contributed by atoms with van der Waals surface area (Å²) >= 11 is 0. The van der Waals surface area contributed by atoms with E-state index in [1.165, 1.54) is 6.07 Å². The fraction of sp³-hybridized carbons (Fsp3) is 0.545. The fourth-order valence-electron chi connectivity index (χ4n) is 2.60. The summed E-state index contributed by atoms with van der Waals surface area (Å²) in [5, 5.41) is 4.99. The van der Waals surface area contributed by atoms with Crippen molar-refractivity contribution in [2.24, 2.45) is 0 Å². The van der Waals surface area contributed by atoms with Gasteiger partial charge in [0.15, 0.2) is 6.29 Å². The van der Waals surface area contributed by atoms with Crippen molar-refractivity contribution in [1.82, 2.24) is 5.32 Å². The maximum Gasteiger partial charge on any atom is 0.408 e. The zero-order valence-electron chi connectivity index (χ0n) is 19.0. The van der Waals surface area contributed by atoms with Gasteiger partial charge in [-0.15, -0.1) is 0 Å². The van der Waals surface area contributed by atoms with Crippen molar-refractivity contribution in [2.45, 2.75) is 66.1 Å². The van der Waals surface area contributed by atoms with Crippen LogP contribution in [0.2, 0.25) is 0 Å². The van der Waals surface area contributed by atoms with Crippen LogP contribution in [-0.4, -0.2) is 49.1 Å².